The second kappa shape index (κ2) is 11.4. The standard InChI is InChI=1S/C26H30BrN9O3S/c1-34-11-13-36(14-12-34)17-5-6-19(22(15-17)39-3)32-26-30-16-18(27)25(33-26)31-21-8-7-20-23(29-10-9-28-20)24(21)35(2)40(4,37)38/h5-10,15-16H,11-14H2,1-4H3,(H2,30,31,32,33). The largest absolute Gasteiger partial charge is 0.494 e. The van der Waals surface area contributed by atoms with Gasteiger partial charge in [-0.15, -0.1) is 0 Å². The molecule has 1 fully saturated rings. The molecule has 1 saturated heterocycles. The first-order valence-electron chi connectivity index (χ1n) is 12.5. The smallest absolute Gasteiger partial charge is 0.232 e. The Bertz CT molecular complexity index is 1650. The number of ether oxygens (including phenoxy) is 1. The van der Waals surface area contributed by atoms with Gasteiger partial charge in [-0.2, -0.15) is 4.98 Å². The van der Waals surface area contributed by atoms with Gasteiger partial charge in [-0.05, 0) is 47.2 Å². The van der Waals surface area contributed by atoms with Crippen LogP contribution < -0.4 is 24.6 Å². The zero-order valence-corrected chi connectivity index (χ0v) is 25.0. The number of nitrogens with one attached hydrogen (secondary N) is 2. The molecule has 3 heterocycles. The summed E-state index contributed by atoms with van der Waals surface area (Å²) in [6, 6.07) is 9.53. The third-order valence-corrected chi connectivity index (χ3v) is 8.48. The minimum atomic E-state index is -3.59. The van der Waals surface area contributed by atoms with Gasteiger partial charge in [0.25, 0.3) is 0 Å². The molecule has 1 aliphatic rings. The summed E-state index contributed by atoms with van der Waals surface area (Å²) in [6.07, 6.45) is 5.84. The van der Waals surface area contributed by atoms with Crippen molar-refractivity contribution in [1.82, 2.24) is 24.8 Å². The van der Waals surface area contributed by atoms with E-state index in [1.165, 1.54) is 17.5 Å². The maximum atomic E-state index is 12.5. The summed E-state index contributed by atoms with van der Waals surface area (Å²) in [5.74, 6) is 1.43. The van der Waals surface area contributed by atoms with E-state index in [1.807, 2.05) is 12.1 Å². The van der Waals surface area contributed by atoms with E-state index in [1.54, 1.807) is 31.6 Å². The Balaban J connectivity index is 1.45. The van der Waals surface area contributed by atoms with Gasteiger partial charge in [0.1, 0.15) is 22.8 Å². The first-order chi connectivity index (χ1) is 19.1. The lowest BCUT2D eigenvalue weighted by Crippen LogP contribution is -2.44. The number of benzene rings is 2. The third kappa shape index (κ3) is 5.88. The minimum absolute atomic E-state index is 0.329. The average Bonchev–Trinajstić information content (AvgIpc) is 2.94. The summed E-state index contributed by atoms with van der Waals surface area (Å²) in [7, 11) is 1.64. The Morgan fingerprint density at radius 3 is 2.45 bits per heavy atom. The predicted octanol–water partition coefficient (Wildman–Crippen LogP) is 3.83. The van der Waals surface area contributed by atoms with E-state index < -0.39 is 10.0 Å². The Morgan fingerprint density at radius 2 is 1.73 bits per heavy atom. The number of methoxy groups -OCH3 is 1. The van der Waals surface area contributed by atoms with Gasteiger partial charge in [-0.3, -0.25) is 14.3 Å². The molecule has 2 aromatic heterocycles. The van der Waals surface area contributed by atoms with Crippen LogP contribution in [0.4, 0.5) is 34.5 Å². The molecule has 4 aromatic rings. The van der Waals surface area contributed by atoms with E-state index in [0.717, 1.165) is 38.1 Å². The lowest BCUT2D eigenvalue weighted by molar-refractivity contribution is 0.312. The molecule has 14 heteroatoms. The second-order valence-electron chi connectivity index (χ2n) is 9.43. The quantitative estimate of drug-likeness (QED) is 0.296. The molecular formula is C26H30BrN9O3S. The lowest BCUT2D eigenvalue weighted by atomic mass is 10.2. The van der Waals surface area contributed by atoms with Crippen molar-refractivity contribution < 1.29 is 13.2 Å². The van der Waals surface area contributed by atoms with Crippen LogP contribution in [-0.2, 0) is 10.0 Å². The van der Waals surface area contributed by atoms with Crippen LogP contribution in [0.1, 0.15) is 0 Å². The van der Waals surface area contributed by atoms with Gasteiger partial charge in [0, 0.05) is 63.6 Å². The fraction of sp³-hybridized carbons (Fsp3) is 0.308. The van der Waals surface area contributed by atoms with Crippen molar-refractivity contribution in [2.24, 2.45) is 0 Å². The van der Waals surface area contributed by atoms with Crippen LogP contribution in [0.3, 0.4) is 0 Å². The van der Waals surface area contributed by atoms with E-state index >= 15 is 0 Å². The van der Waals surface area contributed by atoms with E-state index in [-0.39, 0.29) is 0 Å². The van der Waals surface area contributed by atoms with Gasteiger partial charge in [-0.25, -0.2) is 13.4 Å². The zero-order chi connectivity index (χ0) is 28.4. The SMILES string of the molecule is COc1cc(N2CCN(C)CC2)ccc1Nc1ncc(Br)c(Nc2ccc3nccnc3c2N(C)S(C)(=O)=O)n1. The second-order valence-corrected chi connectivity index (χ2v) is 12.3. The summed E-state index contributed by atoms with van der Waals surface area (Å²) in [6.45, 7) is 3.93. The average molecular weight is 629 g/mol. The van der Waals surface area contributed by atoms with E-state index in [0.29, 0.717) is 50.1 Å². The molecule has 210 valence electrons. The highest BCUT2D eigenvalue weighted by Gasteiger charge is 2.22. The minimum Gasteiger partial charge on any atom is -0.494 e. The first-order valence-corrected chi connectivity index (χ1v) is 15.1. The van der Waals surface area contributed by atoms with Gasteiger partial charge in [0.05, 0.1) is 34.7 Å². The highest BCUT2D eigenvalue weighted by atomic mass is 79.9. The summed E-state index contributed by atoms with van der Waals surface area (Å²) < 4.78 is 32.4. The number of anilines is 6. The number of likely N-dealkylation sites (N-methyl/N-ethyl adjacent to an activating group) is 1. The molecule has 2 aromatic carbocycles. The Morgan fingerprint density at radius 1 is 1.00 bits per heavy atom. The molecule has 40 heavy (non-hydrogen) atoms. The molecule has 1 aliphatic heterocycles. The molecule has 2 N–H and O–H groups in total. The van der Waals surface area contributed by atoms with Crippen molar-refractivity contribution in [2.75, 3.05) is 73.5 Å². The number of hydrogen-bond acceptors (Lipinski definition) is 11. The van der Waals surface area contributed by atoms with Crippen molar-refractivity contribution in [3.05, 3.63) is 53.4 Å². The normalized spacial score (nSPS) is 14.3. The van der Waals surface area contributed by atoms with Crippen LogP contribution in [0.25, 0.3) is 11.0 Å². The molecule has 0 atom stereocenters. The van der Waals surface area contributed by atoms with Crippen molar-refractivity contribution in [2.45, 2.75) is 0 Å². The van der Waals surface area contributed by atoms with Crippen molar-refractivity contribution in [3.8, 4) is 5.75 Å². The van der Waals surface area contributed by atoms with Gasteiger partial charge < -0.3 is 25.2 Å². The van der Waals surface area contributed by atoms with Crippen LogP contribution in [-0.4, -0.2) is 86.9 Å². The number of fused-ring (bicyclic) bond motifs is 1. The summed E-state index contributed by atoms with van der Waals surface area (Å²) in [5, 5.41) is 6.48. The van der Waals surface area contributed by atoms with Crippen LogP contribution in [0.15, 0.2) is 53.4 Å². The number of rotatable bonds is 8. The first kappa shape index (κ1) is 27.8. The number of sulfonamides is 1. The highest BCUT2D eigenvalue weighted by molar-refractivity contribution is 9.10. The molecule has 0 amide bonds. The van der Waals surface area contributed by atoms with E-state index in [4.69, 9.17) is 4.74 Å². The molecule has 0 spiro atoms. The highest BCUT2D eigenvalue weighted by Crippen LogP contribution is 2.37. The molecule has 0 bridgehead atoms. The molecule has 0 unspecified atom stereocenters. The molecule has 12 nitrogen and oxygen atoms in total. The van der Waals surface area contributed by atoms with Crippen molar-refractivity contribution in [3.63, 3.8) is 0 Å². The molecule has 0 radical (unpaired) electrons. The Hall–Kier alpha value is -3.75. The van der Waals surface area contributed by atoms with Crippen molar-refractivity contribution in [1.29, 1.82) is 0 Å². The van der Waals surface area contributed by atoms with Gasteiger partial charge in [-0.1, -0.05) is 0 Å². The van der Waals surface area contributed by atoms with Crippen LogP contribution >= 0.6 is 15.9 Å². The van der Waals surface area contributed by atoms with Crippen LogP contribution in [0.5, 0.6) is 5.75 Å². The van der Waals surface area contributed by atoms with Crippen molar-refractivity contribution >= 4 is 71.5 Å². The number of halogens is 1. The maximum absolute atomic E-state index is 12.5. The Labute approximate surface area is 241 Å². The molecule has 0 aliphatic carbocycles. The molecule has 5 rings (SSSR count). The third-order valence-electron chi connectivity index (χ3n) is 6.72. The predicted molar refractivity (Wildman–Crippen MR) is 162 cm³/mol. The summed E-state index contributed by atoms with van der Waals surface area (Å²) in [5.41, 5.74) is 3.65. The van der Waals surface area contributed by atoms with E-state index in [9.17, 15) is 8.42 Å². The lowest BCUT2D eigenvalue weighted by Gasteiger charge is -2.34. The number of hydrogen-bond donors (Lipinski definition) is 2. The molecule has 0 saturated carbocycles. The number of aromatic nitrogens is 4. The Kier molecular flexibility index (Phi) is 7.92. The maximum Gasteiger partial charge on any atom is 0.232 e. The topological polar surface area (TPSA) is 129 Å². The fourth-order valence-electron chi connectivity index (χ4n) is 4.41. The van der Waals surface area contributed by atoms with Crippen LogP contribution in [0, 0.1) is 0 Å². The zero-order valence-electron chi connectivity index (χ0n) is 22.6. The molecular weight excluding hydrogens is 598 g/mol. The van der Waals surface area contributed by atoms with E-state index in [2.05, 4.69) is 69.4 Å². The van der Waals surface area contributed by atoms with Gasteiger partial charge >= 0.3 is 0 Å². The fourth-order valence-corrected chi connectivity index (χ4v) is 5.22. The summed E-state index contributed by atoms with van der Waals surface area (Å²) in [4.78, 5) is 22.4. The van der Waals surface area contributed by atoms with Crippen LogP contribution in [0.2, 0.25) is 0 Å². The summed E-state index contributed by atoms with van der Waals surface area (Å²) >= 11 is 3.50. The number of nitrogens with zero attached hydrogens (tertiary/aromatic N) is 7. The number of piperazine rings is 1. The van der Waals surface area contributed by atoms with Gasteiger partial charge in [0.15, 0.2) is 0 Å². The van der Waals surface area contributed by atoms with Gasteiger partial charge in [0.2, 0.25) is 16.0 Å². The monoisotopic (exact) mass is 627 g/mol.